The van der Waals surface area contributed by atoms with Gasteiger partial charge in [-0.1, -0.05) is 12.1 Å². The molecule has 0 bridgehead atoms. The number of aliphatic hydroxyl groups is 1. The van der Waals surface area contributed by atoms with Gasteiger partial charge in [0, 0.05) is 57.6 Å². The molecule has 0 spiro atoms. The molecule has 3 heterocycles. The summed E-state index contributed by atoms with van der Waals surface area (Å²) in [5, 5.41) is 9.21. The van der Waals surface area contributed by atoms with Gasteiger partial charge in [-0.3, -0.25) is 0 Å². The maximum Gasteiger partial charge on any atom is 0.227 e. The highest BCUT2D eigenvalue weighted by molar-refractivity contribution is 7.99. The summed E-state index contributed by atoms with van der Waals surface area (Å²) in [5.41, 5.74) is 3.38. The van der Waals surface area contributed by atoms with E-state index in [-0.39, 0.29) is 6.61 Å². The van der Waals surface area contributed by atoms with Crippen molar-refractivity contribution in [1.29, 1.82) is 0 Å². The van der Waals surface area contributed by atoms with Gasteiger partial charge in [-0.15, -0.1) is 11.8 Å². The Labute approximate surface area is 165 Å². The lowest BCUT2D eigenvalue weighted by molar-refractivity contribution is 0.282. The van der Waals surface area contributed by atoms with E-state index in [1.165, 1.54) is 16.3 Å². The molecule has 1 aromatic heterocycles. The van der Waals surface area contributed by atoms with Crippen LogP contribution in [0.15, 0.2) is 29.2 Å². The minimum Gasteiger partial charge on any atom is -0.392 e. The van der Waals surface area contributed by atoms with Crippen LogP contribution in [0.1, 0.15) is 18.2 Å². The molecule has 6 nitrogen and oxygen atoms in total. The predicted molar refractivity (Wildman–Crippen MR) is 112 cm³/mol. The Hall–Kier alpha value is -1.99. The van der Waals surface area contributed by atoms with E-state index >= 15 is 0 Å². The highest BCUT2D eigenvalue weighted by Crippen LogP contribution is 2.38. The van der Waals surface area contributed by atoms with Gasteiger partial charge in [-0.05, 0) is 24.6 Å². The van der Waals surface area contributed by atoms with E-state index in [4.69, 9.17) is 9.97 Å². The zero-order valence-corrected chi connectivity index (χ0v) is 16.9. The Morgan fingerprint density at radius 3 is 2.44 bits per heavy atom. The third-order valence-electron chi connectivity index (χ3n) is 5.37. The van der Waals surface area contributed by atoms with E-state index in [1.54, 1.807) is 0 Å². The molecule has 27 heavy (non-hydrogen) atoms. The van der Waals surface area contributed by atoms with Gasteiger partial charge in [-0.2, -0.15) is 4.98 Å². The lowest BCUT2D eigenvalue weighted by Crippen LogP contribution is -2.47. The molecule has 1 aromatic carbocycles. The maximum atomic E-state index is 9.21. The summed E-state index contributed by atoms with van der Waals surface area (Å²) < 4.78 is 0. The van der Waals surface area contributed by atoms with Crippen molar-refractivity contribution in [2.24, 2.45) is 0 Å². The second kappa shape index (κ2) is 7.94. The van der Waals surface area contributed by atoms with Gasteiger partial charge in [0.2, 0.25) is 5.95 Å². The number of fused-ring (bicyclic) bond motifs is 1. The molecule has 7 heteroatoms. The summed E-state index contributed by atoms with van der Waals surface area (Å²) in [6.07, 6.45) is 1.04. The van der Waals surface area contributed by atoms with Crippen LogP contribution in [0, 0.1) is 0 Å². The normalized spacial score (nSPS) is 16.6. The molecule has 0 aliphatic carbocycles. The van der Waals surface area contributed by atoms with E-state index in [0.29, 0.717) is 0 Å². The molecule has 2 aromatic rings. The Kier molecular flexibility index (Phi) is 5.41. The van der Waals surface area contributed by atoms with Crippen molar-refractivity contribution in [3.8, 4) is 0 Å². The van der Waals surface area contributed by atoms with Crippen LogP contribution in [0.4, 0.5) is 17.5 Å². The molecule has 2 aliphatic heterocycles. The zero-order chi connectivity index (χ0) is 18.8. The molecule has 2 aliphatic rings. The zero-order valence-electron chi connectivity index (χ0n) is 16.1. The van der Waals surface area contributed by atoms with Crippen molar-refractivity contribution in [3.63, 3.8) is 0 Å². The Balaban J connectivity index is 1.49. The molecule has 144 valence electrons. The summed E-state index contributed by atoms with van der Waals surface area (Å²) >= 11 is 1.88. The van der Waals surface area contributed by atoms with Crippen LogP contribution in [0.3, 0.4) is 0 Å². The fraction of sp³-hybridized carbons (Fsp3) is 0.500. The summed E-state index contributed by atoms with van der Waals surface area (Å²) in [7, 11) is 2.11. The summed E-state index contributed by atoms with van der Waals surface area (Å²) in [6, 6.07) is 8.18. The van der Waals surface area contributed by atoms with Crippen LogP contribution >= 0.6 is 11.8 Å². The Bertz CT molecular complexity index is 790. The van der Waals surface area contributed by atoms with E-state index in [2.05, 4.69) is 40.8 Å². The van der Waals surface area contributed by atoms with Gasteiger partial charge in [0.25, 0.3) is 0 Å². The number of aliphatic hydroxyl groups excluding tert-OH is 1. The average Bonchev–Trinajstić information content (AvgIpc) is 3.21. The smallest absolute Gasteiger partial charge is 0.227 e. The van der Waals surface area contributed by atoms with Crippen LogP contribution in [0.2, 0.25) is 0 Å². The van der Waals surface area contributed by atoms with Crippen molar-refractivity contribution in [2.75, 3.05) is 60.2 Å². The number of nitrogens with zero attached hydrogens (tertiary/aromatic N) is 5. The Morgan fingerprint density at radius 1 is 1.07 bits per heavy atom. The highest BCUT2D eigenvalue weighted by atomic mass is 32.2. The molecule has 1 fully saturated rings. The van der Waals surface area contributed by atoms with Gasteiger partial charge in [0.15, 0.2) is 0 Å². The molecular formula is C20H27N5OS. The first kappa shape index (κ1) is 18.4. The third-order valence-corrected chi connectivity index (χ3v) is 6.49. The first-order chi connectivity index (χ1) is 13.2. The lowest BCUT2D eigenvalue weighted by atomic mass is 10.2. The lowest BCUT2D eigenvalue weighted by Gasteiger charge is -2.36. The summed E-state index contributed by atoms with van der Waals surface area (Å²) in [5.74, 6) is 3.07. The highest BCUT2D eigenvalue weighted by Gasteiger charge is 2.25. The molecule has 0 atom stereocenters. The topological polar surface area (TPSA) is 55.7 Å². The quantitative estimate of drug-likeness (QED) is 0.848. The first-order valence-corrected chi connectivity index (χ1v) is 10.6. The number of aromatic nitrogens is 2. The number of aryl methyl sites for hydroxylation is 1. The SMILES string of the molecule is CCN(C)c1nc(N2CCN(c3ccc(CO)cc3)CC2)nc2c1SCC2. The van der Waals surface area contributed by atoms with Crippen molar-refractivity contribution in [1.82, 2.24) is 9.97 Å². The van der Waals surface area contributed by atoms with Crippen molar-refractivity contribution >= 4 is 29.2 Å². The Morgan fingerprint density at radius 2 is 1.78 bits per heavy atom. The summed E-state index contributed by atoms with van der Waals surface area (Å²) in [4.78, 5) is 18.0. The van der Waals surface area contributed by atoms with Gasteiger partial charge in [-0.25, -0.2) is 4.98 Å². The number of benzene rings is 1. The molecule has 1 saturated heterocycles. The van der Waals surface area contributed by atoms with Gasteiger partial charge < -0.3 is 19.8 Å². The fourth-order valence-corrected chi connectivity index (χ4v) is 4.71. The standard InChI is InChI=1S/C20H27N5OS/c1-3-23(2)19-18-17(8-13-27-18)21-20(22-19)25-11-9-24(10-12-25)16-6-4-15(14-26)5-7-16/h4-7,26H,3,8-14H2,1-2H3. The van der Waals surface area contributed by atoms with Crippen LogP contribution in [-0.4, -0.2) is 60.6 Å². The molecule has 0 saturated carbocycles. The third kappa shape index (κ3) is 3.71. The second-order valence-corrected chi connectivity index (χ2v) is 8.14. The van der Waals surface area contributed by atoms with Crippen molar-refractivity contribution in [3.05, 3.63) is 35.5 Å². The minimum absolute atomic E-state index is 0.0938. The molecule has 4 rings (SSSR count). The molecule has 0 amide bonds. The van der Waals surface area contributed by atoms with Gasteiger partial charge in [0.1, 0.15) is 5.82 Å². The monoisotopic (exact) mass is 385 g/mol. The molecule has 0 unspecified atom stereocenters. The van der Waals surface area contributed by atoms with E-state index in [9.17, 15) is 5.11 Å². The minimum atomic E-state index is 0.0938. The number of hydrogen-bond acceptors (Lipinski definition) is 7. The van der Waals surface area contributed by atoms with Crippen molar-refractivity contribution in [2.45, 2.75) is 24.8 Å². The van der Waals surface area contributed by atoms with E-state index in [1.807, 2.05) is 23.9 Å². The average molecular weight is 386 g/mol. The van der Waals surface area contributed by atoms with E-state index in [0.717, 1.165) is 62.2 Å². The molecule has 1 N–H and O–H groups in total. The van der Waals surface area contributed by atoms with Crippen LogP contribution in [-0.2, 0) is 13.0 Å². The first-order valence-electron chi connectivity index (χ1n) is 9.64. The fourth-order valence-electron chi connectivity index (χ4n) is 3.56. The summed E-state index contributed by atoms with van der Waals surface area (Å²) in [6.45, 7) is 6.94. The number of piperazine rings is 1. The number of anilines is 3. The van der Waals surface area contributed by atoms with Gasteiger partial charge >= 0.3 is 0 Å². The second-order valence-electron chi connectivity index (χ2n) is 7.03. The maximum absolute atomic E-state index is 9.21. The number of rotatable bonds is 5. The van der Waals surface area contributed by atoms with E-state index < -0.39 is 0 Å². The largest absolute Gasteiger partial charge is 0.392 e. The number of hydrogen-bond donors (Lipinski definition) is 1. The number of thioether (sulfide) groups is 1. The van der Waals surface area contributed by atoms with Gasteiger partial charge in [0.05, 0.1) is 17.2 Å². The predicted octanol–water partition coefficient (Wildman–Crippen LogP) is 2.40. The van der Waals surface area contributed by atoms with Crippen molar-refractivity contribution < 1.29 is 5.11 Å². The molecule has 0 radical (unpaired) electrons. The van der Waals surface area contributed by atoms with Crippen LogP contribution < -0.4 is 14.7 Å². The molecular weight excluding hydrogens is 358 g/mol. The van der Waals surface area contributed by atoms with Crippen LogP contribution in [0.25, 0.3) is 0 Å². The van der Waals surface area contributed by atoms with Crippen LogP contribution in [0.5, 0.6) is 0 Å².